The first kappa shape index (κ1) is 11.4. The first-order valence-electron chi connectivity index (χ1n) is 5.35. The Balaban J connectivity index is 2.61. The summed E-state index contributed by atoms with van der Waals surface area (Å²) >= 11 is 0. The van der Waals surface area contributed by atoms with Crippen molar-refractivity contribution in [2.24, 2.45) is 0 Å². The zero-order chi connectivity index (χ0) is 12.4. The van der Waals surface area contributed by atoms with Crippen molar-refractivity contribution in [3.8, 4) is 17.0 Å². The van der Waals surface area contributed by atoms with Crippen LogP contribution >= 0.6 is 0 Å². The van der Waals surface area contributed by atoms with E-state index in [0.717, 1.165) is 28.1 Å². The largest absolute Gasteiger partial charge is 0.496 e. The highest BCUT2D eigenvalue weighted by Gasteiger charge is 2.10. The van der Waals surface area contributed by atoms with Crippen molar-refractivity contribution in [1.82, 2.24) is 9.97 Å². The highest BCUT2D eigenvalue weighted by Crippen LogP contribution is 2.30. The number of hydrogen-bond donors (Lipinski definition) is 1. The number of aryl methyl sites for hydroxylation is 2. The number of benzene rings is 1. The van der Waals surface area contributed by atoms with E-state index in [-0.39, 0.29) is 0 Å². The third-order valence-electron chi connectivity index (χ3n) is 2.72. The smallest absolute Gasteiger partial charge is 0.149 e. The van der Waals surface area contributed by atoms with Crippen LogP contribution in [-0.4, -0.2) is 17.1 Å². The summed E-state index contributed by atoms with van der Waals surface area (Å²) in [6.45, 7) is 4.00. The van der Waals surface area contributed by atoms with Crippen molar-refractivity contribution in [1.29, 1.82) is 0 Å². The highest BCUT2D eigenvalue weighted by atomic mass is 16.5. The maximum absolute atomic E-state index is 5.84. The summed E-state index contributed by atoms with van der Waals surface area (Å²) in [5.41, 5.74) is 9.67. The van der Waals surface area contributed by atoms with Gasteiger partial charge in [-0.25, -0.2) is 4.98 Å². The number of nitrogens with zero attached hydrogens (tertiary/aromatic N) is 2. The Labute approximate surface area is 100 Å². The van der Waals surface area contributed by atoms with Gasteiger partial charge in [0.1, 0.15) is 17.3 Å². The molecule has 1 aromatic heterocycles. The molecule has 1 heterocycles. The number of methoxy groups -OCH3 is 1. The number of nitrogens with two attached hydrogens (primary N) is 1. The van der Waals surface area contributed by atoms with Crippen molar-refractivity contribution in [3.63, 3.8) is 0 Å². The number of nitrogen functional groups attached to an aromatic ring is 1. The van der Waals surface area contributed by atoms with Gasteiger partial charge in [-0.1, -0.05) is 0 Å². The molecule has 0 aliphatic carbocycles. The molecule has 0 fully saturated rings. The van der Waals surface area contributed by atoms with Crippen LogP contribution in [0.3, 0.4) is 0 Å². The molecule has 2 N–H and O–H groups in total. The molecule has 0 aliphatic heterocycles. The predicted octanol–water partition coefficient (Wildman–Crippen LogP) is 2.35. The van der Waals surface area contributed by atoms with Gasteiger partial charge in [-0.15, -0.1) is 0 Å². The normalized spacial score (nSPS) is 10.3. The molecule has 1 aromatic carbocycles. The molecule has 17 heavy (non-hydrogen) atoms. The van der Waals surface area contributed by atoms with Crippen molar-refractivity contribution in [2.75, 3.05) is 12.8 Å². The Morgan fingerprint density at radius 2 is 1.76 bits per heavy atom. The van der Waals surface area contributed by atoms with Gasteiger partial charge in [-0.2, -0.15) is 0 Å². The molecular formula is C13H15N3O. The minimum absolute atomic E-state index is 0.445. The summed E-state index contributed by atoms with van der Waals surface area (Å²) in [6, 6.07) is 4.01. The maximum Gasteiger partial charge on any atom is 0.149 e. The Morgan fingerprint density at radius 1 is 1.06 bits per heavy atom. The van der Waals surface area contributed by atoms with Crippen LogP contribution in [0.4, 0.5) is 5.82 Å². The highest BCUT2D eigenvalue weighted by molar-refractivity contribution is 5.73. The summed E-state index contributed by atoms with van der Waals surface area (Å²) in [5, 5.41) is 0. The van der Waals surface area contributed by atoms with Crippen LogP contribution in [0.25, 0.3) is 11.3 Å². The molecule has 0 radical (unpaired) electrons. The number of anilines is 1. The third kappa shape index (κ3) is 2.06. The van der Waals surface area contributed by atoms with Gasteiger partial charge in [0.15, 0.2) is 0 Å². The first-order valence-corrected chi connectivity index (χ1v) is 5.35. The lowest BCUT2D eigenvalue weighted by atomic mass is 10.0. The van der Waals surface area contributed by atoms with Gasteiger partial charge in [-0.3, -0.25) is 4.98 Å². The Bertz CT molecular complexity index is 552. The average Bonchev–Trinajstić information content (AvgIpc) is 2.32. The van der Waals surface area contributed by atoms with Gasteiger partial charge >= 0.3 is 0 Å². The van der Waals surface area contributed by atoms with E-state index in [4.69, 9.17) is 10.5 Å². The average molecular weight is 229 g/mol. The van der Waals surface area contributed by atoms with Crippen LogP contribution in [0, 0.1) is 13.8 Å². The van der Waals surface area contributed by atoms with Crippen LogP contribution in [-0.2, 0) is 0 Å². The van der Waals surface area contributed by atoms with E-state index in [1.165, 1.54) is 0 Å². The Morgan fingerprint density at radius 3 is 2.41 bits per heavy atom. The topological polar surface area (TPSA) is 61.0 Å². The summed E-state index contributed by atoms with van der Waals surface area (Å²) < 4.78 is 5.28. The molecule has 88 valence electrons. The van der Waals surface area contributed by atoms with Gasteiger partial charge in [0, 0.05) is 18.0 Å². The van der Waals surface area contributed by atoms with Gasteiger partial charge in [0.2, 0.25) is 0 Å². The number of aromatic nitrogens is 2. The Hall–Kier alpha value is -2.10. The number of hydrogen-bond acceptors (Lipinski definition) is 4. The molecule has 0 unspecified atom stereocenters. The van der Waals surface area contributed by atoms with Gasteiger partial charge in [-0.05, 0) is 37.1 Å². The fraction of sp³-hybridized carbons (Fsp3) is 0.231. The van der Waals surface area contributed by atoms with Crippen LogP contribution in [0.1, 0.15) is 11.1 Å². The van der Waals surface area contributed by atoms with Crippen molar-refractivity contribution in [2.45, 2.75) is 13.8 Å². The second-order valence-corrected chi connectivity index (χ2v) is 3.93. The van der Waals surface area contributed by atoms with E-state index in [2.05, 4.69) is 9.97 Å². The monoisotopic (exact) mass is 229 g/mol. The SMILES string of the molecule is COc1cc(C)c(-c2nccnc2N)cc1C. The fourth-order valence-corrected chi connectivity index (χ4v) is 1.82. The van der Waals surface area contributed by atoms with E-state index in [1.807, 2.05) is 26.0 Å². The van der Waals surface area contributed by atoms with E-state index in [0.29, 0.717) is 5.82 Å². The lowest BCUT2D eigenvalue weighted by Gasteiger charge is -2.11. The molecule has 4 nitrogen and oxygen atoms in total. The number of ether oxygens (including phenoxy) is 1. The lowest BCUT2D eigenvalue weighted by molar-refractivity contribution is 0.411. The molecule has 0 aliphatic rings. The van der Waals surface area contributed by atoms with Gasteiger partial charge in [0.05, 0.1) is 7.11 Å². The molecule has 0 atom stereocenters. The summed E-state index contributed by atoms with van der Waals surface area (Å²) in [4.78, 5) is 8.33. The molecule has 2 aromatic rings. The summed E-state index contributed by atoms with van der Waals surface area (Å²) in [5.74, 6) is 1.31. The molecular weight excluding hydrogens is 214 g/mol. The predicted molar refractivity (Wildman–Crippen MR) is 67.9 cm³/mol. The van der Waals surface area contributed by atoms with Crippen molar-refractivity contribution >= 4 is 5.82 Å². The van der Waals surface area contributed by atoms with E-state index in [9.17, 15) is 0 Å². The molecule has 4 heteroatoms. The third-order valence-corrected chi connectivity index (χ3v) is 2.72. The lowest BCUT2D eigenvalue weighted by Crippen LogP contribution is -1.98. The first-order chi connectivity index (χ1) is 8.13. The maximum atomic E-state index is 5.84. The standard InChI is InChI=1S/C13H15N3O/c1-8-7-11(17-3)9(2)6-10(8)12-13(14)16-5-4-15-12/h4-7H,1-3H3,(H2,14,16). The van der Waals surface area contributed by atoms with Gasteiger partial charge < -0.3 is 10.5 Å². The van der Waals surface area contributed by atoms with Crippen molar-refractivity contribution in [3.05, 3.63) is 35.7 Å². The second-order valence-electron chi connectivity index (χ2n) is 3.93. The molecule has 0 amide bonds. The zero-order valence-electron chi connectivity index (χ0n) is 10.2. The quantitative estimate of drug-likeness (QED) is 0.858. The van der Waals surface area contributed by atoms with E-state index < -0.39 is 0 Å². The summed E-state index contributed by atoms with van der Waals surface area (Å²) in [6.07, 6.45) is 3.23. The molecule has 0 bridgehead atoms. The Kier molecular flexibility index (Phi) is 2.95. The molecule has 2 rings (SSSR count). The van der Waals surface area contributed by atoms with E-state index >= 15 is 0 Å². The molecule has 0 saturated heterocycles. The van der Waals surface area contributed by atoms with Crippen LogP contribution in [0.2, 0.25) is 0 Å². The summed E-state index contributed by atoms with van der Waals surface area (Å²) in [7, 11) is 1.66. The zero-order valence-corrected chi connectivity index (χ0v) is 10.2. The second kappa shape index (κ2) is 4.41. The van der Waals surface area contributed by atoms with Crippen LogP contribution in [0.15, 0.2) is 24.5 Å². The van der Waals surface area contributed by atoms with Gasteiger partial charge in [0.25, 0.3) is 0 Å². The minimum Gasteiger partial charge on any atom is -0.496 e. The van der Waals surface area contributed by atoms with Crippen molar-refractivity contribution < 1.29 is 4.74 Å². The minimum atomic E-state index is 0.445. The van der Waals surface area contributed by atoms with Crippen LogP contribution in [0.5, 0.6) is 5.75 Å². The molecule has 0 saturated carbocycles. The fourth-order valence-electron chi connectivity index (χ4n) is 1.82. The number of rotatable bonds is 2. The van der Waals surface area contributed by atoms with Crippen LogP contribution < -0.4 is 10.5 Å². The van der Waals surface area contributed by atoms with E-state index in [1.54, 1.807) is 19.5 Å². The molecule has 0 spiro atoms.